The Morgan fingerprint density at radius 2 is 2.25 bits per heavy atom. The topological polar surface area (TPSA) is 26.3 Å². The highest BCUT2D eigenvalue weighted by Crippen LogP contribution is 2.12. The number of benzene rings is 1. The molecule has 0 unspecified atom stereocenters. The van der Waals surface area contributed by atoms with Crippen molar-refractivity contribution in [3.8, 4) is 0 Å². The van der Waals surface area contributed by atoms with Crippen molar-refractivity contribution in [2.75, 3.05) is 7.11 Å². The molecule has 0 aliphatic rings. The minimum Gasteiger partial charge on any atom is -0.380 e. The van der Waals surface area contributed by atoms with E-state index in [9.17, 15) is 4.79 Å². The maximum atomic E-state index is 10.6. The Labute approximate surface area is 72.2 Å². The molecular formula is C10H12O2. The largest absolute Gasteiger partial charge is 0.380 e. The molecule has 0 saturated carbocycles. The monoisotopic (exact) mass is 164 g/mol. The Kier molecular flexibility index (Phi) is 3.00. The van der Waals surface area contributed by atoms with Gasteiger partial charge < -0.3 is 4.74 Å². The Balaban J connectivity index is 3.10. The first-order valence-electron chi connectivity index (χ1n) is 3.82. The maximum absolute atomic E-state index is 10.6. The summed E-state index contributed by atoms with van der Waals surface area (Å²) in [4.78, 5) is 10.6. The fourth-order valence-electron chi connectivity index (χ4n) is 1.18. The third kappa shape index (κ3) is 1.71. The number of methoxy groups -OCH3 is 1. The molecule has 0 bridgehead atoms. The predicted molar refractivity (Wildman–Crippen MR) is 47.3 cm³/mol. The molecule has 0 aromatic heterocycles. The van der Waals surface area contributed by atoms with Crippen molar-refractivity contribution in [3.05, 3.63) is 34.9 Å². The van der Waals surface area contributed by atoms with Crippen molar-refractivity contribution in [1.82, 2.24) is 0 Å². The van der Waals surface area contributed by atoms with Crippen LogP contribution in [-0.2, 0) is 11.3 Å². The van der Waals surface area contributed by atoms with Gasteiger partial charge >= 0.3 is 0 Å². The van der Waals surface area contributed by atoms with E-state index < -0.39 is 0 Å². The van der Waals surface area contributed by atoms with Crippen LogP contribution in [0, 0.1) is 6.92 Å². The number of hydrogen-bond donors (Lipinski definition) is 0. The average Bonchev–Trinajstić information content (AvgIpc) is 2.09. The van der Waals surface area contributed by atoms with Gasteiger partial charge in [0.15, 0.2) is 0 Å². The highest BCUT2D eigenvalue weighted by molar-refractivity contribution is 5.77. The number of ether oxygens (including phenoxy) is 1. The van der Waals surface area contributed by atoms with Crippen LogP contribution in [0.5, 0.6) is 0 Å². The Morgan fingerprint density at radius 1 is 1.50 bits per heavy atom. The molecule has 1 rings (SSSR count). The molecule has 2 nitrogen and oxygen atoms in total. The van der Waals surface area contributed by atoms with Gasteiger partial charge in [0.1, 0.15) is 6.29 Å². The van der Waals surface area contributed by atoms with Gasteiger partial charge in [-0.15, -0.1) is 0 Å². The van der Waals surface area contributed by atoms with Gasteiger partial charge in [-0.05, 0) is 18.1 Å². The van der Waals surface area contributed by atoms with Crippen LogP contribution in [-0.4, -0.2) is 13.4 Å². The lowest BCUT2D eigenvalue weighted by Gasteiger charge is -2.06. The van der Waals surface area contributed by atoms with E-state index in [1.165, 1.54) is 0 Å². The van der Waals surface area contributed by atoms with Gasteiger partial charge in [-0.1, -0.05) is 18.2 Å². The van der Waals surface area contributed by atoms with Gasteiger partial charge in [-0.2, -0.15) is 0 Å². The highest BCUT2D eigenvalue weighted by Gasteiger charge is 2.02. The standard InChI is InChI=1S/C10H12O2/c1-8-4-3-5-9(6-11)10(8)7-12-2/h3-6H,7H2,1-2H3. The summed E-state index contributed by atoms with van der Waals surface area (Å²) in [6.45, 7) is 2.47. The first-order chi connectivity index (χ1) is 5.79. The van der Waals surface area contributed by atoms with Crippen LogP contribution in [0.4, 0.5) is 0 Å². The molecule has 0 aliphatic carbocycles. The first-order valence-corrected chi connectivity index (χ1v) is 3.82. The molecule has 0 radical (unpaired) electrons. The maximum Gasteiger partial charge on any atom is 0.150 e. The molecule has 0 atom stereocenters. The van der Waals surface area contributed by atoms with E-state index in [0.717, 1.165) is 23.0 Å². The molecule has 0 heterocycles. The summed E-state index contributed by atoms with van der Waals surface area (Å²) in [5.74, 6) is 0. The van der Waals surface area contributed by atoms with Crippen molar-refractivity contribution < 1.29 is 9.53 Å². The lowest BCUT2D eigenvalue weighted by molar-refractivity contribution is 0.111. The molecule has 1 aromatic rings. The minimum atomic E-state index is 0.501. The zero-order chi connectivity index (χ0) is 8.97. The molecule has 1 aromatic carbocycles. The van der Waals surface area contributed by atoms with Crippen LogP contribution in [0.25, 0.3) is 0 Å². The SMILES string of the molecule is COCc1c(C)cccc1C=O. The number of carbonyl (C=O) groups is 1. The number of aryl methyl sites for hydroxylation is 1. The second-order valence-corrected chi connectivity index (χ2v) is 2.69. The molecule has 2 heteroatoms. The Hall–Kier alpha value is -1.15. The van der Waals surface area contributed by atoms with Gasteiger partial charge in [-0.25, -0.2) is 0 Å². The van der Waals surface area contributed by atoms with Gasteiger partial charge in [0.05, 0.1) is 6.61 Å². The summed E-state index contributed by atoms with van der Waals surface area (Å²) >= 11 is 0. The molecule has 64 valence electrons. The third-order valence-electron chi connectivity index (χ3n) is 1.86. The summed E-state index contributed by atoms with van der Waals surface area (Å²) in [6.07, 6.45) is 0.862. The van der Waals surface area contributed by atoms with E-state index >= 15 is 0 Å². The fraction of sp³-hybridized carbons (Fsp3) is 0.300. The highest BCUT2D eigenvalue weighted by atomic mass is 16.5. The third-order valence-corrected chi connectivity index (χ3v) is 1.86. The molecule has 12 heavy (non-hydrogen) atoms. The number of carbonyl (C=O) groups excluding carboxylic acids is 1. The summed E-state index contributed by atoms with van der Waals surface area (Å²) in [6, 6.07) is 5.65. The quantitative estimate of drug-likeness (QED) is 0.638. The van der Waals surface area contributed by atoms with E-state index in [4.69, 9.17) is 4.74 Å². The summed E-state index contributed by atoms with van der Waals surface area (Å²) in [5.41, 5.74) is 2.80. The van der Waals surface area contributed by atoms with Gasteiger partial charge in [-0.3, -0.25) is 4.79 Å². The minimum absolute atomic E-state index is 0.501. The van der Waals surface area contributed by atoms with Crippen LogP contribution < -0.4 is 0 Å². The Morgan fingerprint density at radius 3 is 2.83 bits per heavy atom. The van der Waals surface area contributed by atoms with E-state index in [1.807, 2.05) is 19.1 Å². The summed E-state index contributed by atoms with van der Waals surface area (Å²) in [5, 5.41) is 0. The van der Waals surface area contributed by atoms with E-state index in [2.05, 4.69) is 0 Å². The Bertz CT molecular complexity index is 279. The van der Waals surface area contributed by atoms with Gasteiger partial charge in [0, 0.05) is 12.7 Å². The van der Waals surface area contributed by atoms with Crippen molar-refractivity contribution in [2.24, 2.45) is 0 Å². The van der Waals surface area contributed by atoms with Gasteiger partial charge in [0.2, 0.25) is 0 Å². The molecular weight excluding hydrogens is 152 g/mol. The second kappa shape index (κ2) is 4.02. The molecule has 0 fully saturated rings. The summed E-state index contributed by atoms with van der Waals surface area (Å²) < 4.78 is 4.99. The van der Waals surface area contributed by atoms with E-state index in [0.29, 0.717) is 6.61 Å². The molecule has 0 saturated heterocycles. The smallest absolute Gasteiger partial charge is 0.150 e. The average molecular weight is 164 g/mol. The van der Waals surface area contributed by atoms with Gasteiger partial charge in [0.25, 0.3) is 0 Å². The molecule has 0 spiro atoms. The lowest BCUT2D eigenvalue weighted by Crippen LogP contribution is -1.97. The number of aldehydes is 1. The van der Waals surface area contributed by atoms with Crippen LogP contribution in [0.3, 0.4) is 0 Å². The van der Waals surface area contributed by atoms with Crippen molar-refractivity contribution in [1.29, 1.82) is 0 Å². The van der Waals surface area contributed by atoms with Crippen LogP contribution in [0.1, 0.15) is 21.5 Å². The fourth-order valence-corrected chi connectivity index (χ4v) is 1.18. The van der Waals surface area contributed by atoms with Crippen molar-refractivity contribution in [3.63, 3.8) is 0 Å². The lowest BCUT2D eigenvalue weighted by atomic mass is 10.0. The van der Waals surface area contributed by atoms with E-state index in [-0.39, 0.29) is 0 Å². The number of rotatable bonds is 3. The zero-order valence-corrected chi connectivity index (χ0v) is 7.33. The predicted octanol–water partition coefficient (Wildman–Crippen LogP) is 1.95. The number of hydrogen-bond acceptors (Lipinski definition) is 2. The first kappa shape index (κ1) is 8.94. The zero-order valence-electron chi connectivity index (χ0n) is 7.33. The second-order valence-electron chi connectivity index (χ2n) is 2.69. The van der Waals surface area contributed by atoms with Crippen LogP contribution in [0.2, 0.25) is 0 Å². The van der Waals surface area contributed by atoms with Crippen molar-refractivity contribution in [2.45, 2.75) is 13.5 Å². The molecule has 0 amide bonds. The van der Waals surface area contributed by atoms with Crippen molar-refractivity contribution >= 4 is 6.29 Å². The van der Waals surface area contributed by atoms with E-state index in [1.54, 1.807) is 13.2 Å². The van der Waals surface area contributed by atoms with Crippen LogP contribution >= 0.6 is 0 Å². The molecule has 0 N–H and O–H groups in total. The molecule has 0 aliphatic heterocycles. The normalized spacial score (nSPS) is 9.83. The van der Waals surface area contributed by atoms with Crippen LogP contribution in [0.15, 0.2) is 18.2 Å². The summed E-state index contributed by atoms with van der Waals surface area (Å²) in [7, 11) is 1.63.